The number of aryl methyl sites for hydroxylation is 2. The third kappa shape index (κ3) is 4.92. The van der Waals surface area contributed by atoms with E-state index in [2.05, 4.69) is 24.4 Å². The van der Waals surface area contributed by atoms with Crippen molar-refractivity contribution in [3.8, 4) is 11.5 Å². The minimum Gasteiger partial charge on any atom is -0.493 e. The van der Waals surface area contributed by atoms with E-state index >= 15 is 0 Å². The van der Waals surface area contributed by atoms with Gasteiger partial charge in [-0.25, -0.2) is 0 Å². The molecule has 0 aliphatic rings. The van der Waals surface area contributed by atoms with Gasteiger partial charge in [0.25, 0.3) is 0 Å². The molecule has 3 rings (SSSR count). The van der Waals surface area contributed by atoms with Gasteiger partial charge >= 0.3 is 0 Å². The van der Waals surface area contributed by atoms with Gasteiger partial charge in [-0.1, -0.05) is 53.5 Å². The Balaban J connectivity index is 1.73. The fraction of sp³-hybridized carbons (Fsp3) is 0.217. The number of benzene rings is 3. The molecule has 0 saturated heterocycles. The van der Waals surface area contributed by atoms with E-state index < -0.39 is 0 Å². The first-order chi connectivity index (χ1) is 13.5. The lowest BCUT2D eigenvalue weighted by atomic mass is 10.1. The molecule has 0 amide bonds. The highest BCUT2D eigenvalue weighted by Gasteiger charge is 2.12. The number of nitrogens with one attached hydrogen (secondary N) is 1. The highest BCUT2D eigenvalue weighted by atomic mass is 35.5. The number of hydrogen-bond donors (Lipinski definition) is 1. The van der Waals surface area contributed by atoms with Crippen molar-refractivity contribution >= 4 is 28.9 Å². The van der Waals surface area contributed by atoms with Crippen molar-refractivity contribution in [2.24, 2.45) is 0 Å². The summed E-state index contributed by atoms with van der Waals surface area (Å²) in [5.41, 5.74) is 5.21. The van der Waals surface area contributed by atoms with E-state index in [1.54, 1.807) is 13.2 Å². The molecule has 0 unspecified atom stereocenters. The summed E-state index contributed by atoms with van der Waals surface area (Å²) in [4.78, 5) is 0. The van der Waals surface area contributed by atoms with Gasteiger partial charge in [0.1, 0.15) is 6.61 Å². The number of hydrogen-bond acceptors (Lipinski definition) is 3. The molecule has 0 heterocycles. The fourth-order valence-electron chi connectivity index (χ4n) is 2.81. The molecule has 28 heavy (non-hydrogen) atoms. The summed E-state index contributed by atoms with van der Waals surface area (Å²) in [5, 5.41) is 4.69. The molecule has 146 valence electrons. The van der Waals surface area contributed by atoms with Crippen LogP contribution in [0.4, 0.5) is 5.69 Å². The standard InChI is InChI=1S/C23H23Cl2NO2/c1-15-6-4-5-7-17(15)14-28-23-12-21(25)18(10-22(23)27-3)13-26-19-9-8-16(2)20(24)11-19/h4-12,26H,13-14H2,1-3H3. The first kappa shape index (κ1) is 20.4. The average Bonchev–Trinajstić information content (AvgIpc) is 2.69. The summed E-state index contributed by atoms with van der Waals surface area (Å²) in [7, 11) is 1.63. The third-order valence-corrected chi connectivity index (χ3v) is 5.39. The minimum absolute atomic E-state index is 0.457. The van der Waals surface area contributed by atoms with Crippen LogP contribution in [0, 0.1) is 13.8 Å². The molecule has 3 aromatic carbocycles. The van der Waals surface area contributed by atoms with Crippen molar-refractivity contribution in [3.63, 3.8) is 0 Å². The van der Waals surface area contributed by atoms with Crippen LogP contribution in [-0.2, 0) is 13.2 Å². The summed E-state index contributed by atoms with van der Waals surface area (Å²) in [6, 6.07) is 17.7. The zero-order chi connectivity index (χ0) is 20.1. The number of anilines is 1. The van der Waals surface area contributed by atoms with Crippen LogP contribution in [0.25, 0.3) is 0 Å². The predicted octanol–water partition coefficient (Wildman–Crippen LogP) is 6.81. The molecule has 3 nitrogen and oxygen atoms in total. The maximum Gasteiger partial charge on any atom is 0.163 e. The van der Waals surface area contributed by atoms with Gasteiger partial charge in [0.2, 0.25) is 0 Å². The van der Waals surface area contributed by atoms with Crippen LogP contribution in [0.15, 0.2) is 54.6 Å². The Kier molecular flexibility index (Phi) is 6.71. The second-order valence-corrected chi connectivity index (χ2v) is 7.44. The second-order valence-electron chi connectivity index (χ2n) is 6.63. The van der Waals surface area contributed by atoms with Gasteiger partial charge in [-0.15, -0.1) is 0 Å². The molecular formula is C23H23Cl2NO2. The molecule has 1 N–H and O–H groups in total. The molecule has 0 atom stereocenters. The van der Waals surface area contributed by atoms with Gasteiger partial charge < -0.3 is 14.8 Å². The molecule has 0 saturated carbocycles. The Morgan fingerprint density at radius 1 is 0.821 bits per heavy atom. The van der Waals surface area contributed by atoms with Gasteiger partial charge in [0, 0.05) is 28.3 Å². The summed E-state index contributed by atoms with van der Waals surface area (Å²) < 4.78 is 11.5. The van der Waals surface area contributed by atoms with Crippen LogP contribution >= 0.6 is 23.2 Å². The average molecular weight is 416 g/mol. The molecule has 0 aliphatic carbocycles. The van der Waals surface area contributed by atoms with Crippen molar-refractivity contribution in [1.29, 1.82) is 0 Å². The smallest absolute Gasteiger partial charge is 0.163 e. The highest BCUT2D eigenvalue weighted by molar-refractivity contribution is 6.32. The molecule has 0 radical (unpaired) electrons. The SMILES string of the molecule is COc1cc(CNc2ccc(C)c(Cl)c2)c(Cl)cc1OCc1ccccc1C. The lowest BCUT2D eigenvalue weighted by molar-refractivity contribution is 0.284. The number of rotatable bonds is 7. The Morgan fingerprint density at radius 3 is 2.32 bits per heavy atom. The summed E-state index contributed by atoms with van der Waals surface area (Å²) >= 11 is 12.7. The quantitative estimate of drug-likeness (QED) is 0.459. The van der Waals surface area contributed by atoms with E-state index in [0.29, 0.717) is 29.7 Å². The predicted molar refractivity (Wildman–Crippen MR) is 117 cm³/mol. The van der Waals surface area contributed by atoms with Gasteiger partial charge in [-0.3, -0.25) is 0 Å². The van der Waals surface area contributed by atoms with E-state index in [-0.39, 0.29) is 0 Å². The number of ether oxygens (including phenoxy) is 2. The summed E-state index contributed by atoms with van der Waals surface area (Å²) in [6.07, 6.45) is 0. The first-order valence-electron chi connectivity index (χ1n) is 9.01. The molecule has 0 spiro atoms. The maximum absolute atomic E-state index is 6.49. The van der Waals surface area contributed by atoms with E-state index in [1.807, 2.05) is 43.3 Å². The van der Waals surface area contributed by atoms with Crippen LogP contribution in [0.1, 0.15) is 22.3 Å². The number of halogens is 2. The molecule has 3 aromatic rings. The third-order valence-electron chi connectivity index (χ3n) is 4.63. The molecule has 0 aliphatic heterocycles. The van der Waals surface area contributed by atoms with Crippen LogP contribution in [0.3, 0.4) is 0 Å². The zero-order valence-corrected chi connectivity index (χ0v) is 17.7. The zero-order valence-electron chi connectivity index (χ0n) is 16.2. The van der Waals surface area contributed by atoms with Crippen molar-refractivity contribution in [2.45, 2.75) is 27.0 Å². The van der Waals surface area contributed by atoms with Gasteiger partial charge in [-0.05, 0) is 54.3 Å². The normalized spacial score (nSPS) is 10.6. The topological polar surface area (TPSA) is 30.5 Å². The van der Waals surface area contributed by atoms with Gasteiger partial charge in [-0.2, -0.15) is 0 Å². The molecule has 0 aromatic heterocycles. The highest BCUT2D eigenvalue weighted by Crippen LogP contribution is 2.34. The van der Waals surface area contributed by atoms with E-state index in [4.69, 9.17) is 32.7 Å². The van der Waals surface area contributed by atoms with Crippen molar-refractivity contribution in [2.75, 3.05) is 12.4 Å². The molecule has 0 fully saturated rings. The summed E-state index contributed by atoms with van der Waals surface area (Å²) in [6.45, 7) is 5.05. The van der Waals surface area contributed by atoms with Crippen LogP contribution in [-0.4, -0.2) is 7.11 Å². The van der Waals surface area contributed by atoms with E-state index in [0.717, 1.165) is 27.4 Å². The van der Waals surface area contributed by atoms with Crippen molar-refractivity contribution < 1.29 is 9.47 Å². The van der Waals surface area contributed by atoms with Gasteiger partial charge in [0.05, 0.1) is 7.11 Å². The largest absolute Gasteiger partial charge is 0.493 e. The Hall–Kier alpha value is -2.36. The molecule has 5 heteroatoms. The van der Waals surface area contributed by atoms with Crippen molar-refractivity contribution in [1.82, 2.24) is 0 Å². The minimum atomic E-state index is 0.457. The van der Waals surface area contributed by atoms with E-state index in [1.165, 1.54) is 5.56 Å². The lowest BCUT2D eigenvalue weighted by Crippen LogP contribution is -2.03. The van der Waals surface area contributed by atoms with E-state index in [9.17, 15) is 0 Å². The van der Waals surface area contributed by atoms with Crippen LogP contribution in [0.2, 0.25) is 10.0 Å². The number of methoxy groups -OCH3 is 1. The Morgan fingerprint density at radius 2 is 1.61 bits per heavy atom. The summed E-state index contributed by atoms with van der Waals surface area (Å²) in [5.74, 6) is 1.27. The van der Waals surface area contributed by atoms with Crippen LogP contribution < -0.4 is 14.8 Å². The maximum atomic E-state index is 6.49. The Labute approximate surface area is 176 Å². The van der Waals surface area contributed by atoms with Crippen molar-refractivity contribution in [3.05, 3.63) is 86.9 Å². The van der Waals surface area contributed by atoms with Crippen LogP contribution in [0.5, 0.6) is 11.5 Å². The Bertz CT molecular complexity index is 973. The fourth-order valence-corrected chi connectivity index (χ4v) is 3.21. The van der Waals surface area contributed by atoms with Gasteiger partial charge in [0.15, 0.2) is 11.5 Å². The lowest BCUT2D eigenvalue weighted by Gasteiger charge is -2.15. The monoisotopic (exact) mass is 415 g/mol. The first-order valence-corrected chi connectivity index (χ1v) is 9.77. The molecular weight excluding hydrogens is 393 g/mol. The molecule has 0 bridgehead atoms. The second kappa shape index (κ2) is 9.22.